The molecular formula is C12H17N3O4. The number of carboxylic acid groups (broad SMARTS) is 1. The van der Waals surface area contributed by atoms with Crippen LogP contribution in [-0.2, 0) is 4.79 Å². The van der Waals surface area contributed by atoms with Crippen LogP contribution in [0.3, 0.4) is 0 Å². The van der Waals surface area contributed by atoms with Gasteiger partial charge in [0.25, 0.3) is 0 Å². The van der Waals surface area contributed by atoms with Crippen molar-refractivity contribution in [2.45, 2.75) is 39.2 Å². The second-order valence-corrected chi connectivity index (χ2v) is 4.30. The molecule has 0 radical (unpaired) electrons. The highest BCUT2D eigenvalue weighted by atomic mass is 16.6. The number of pyridine rings is 1. The molecule has 1 aromatic rings. The van der Waals surface area contributed by atoms with E-state index in [4.69, 9.17) is 0 Å². The Kier molecular flexibility index (Phi) is 4.42. The van der Waals surface area contributed by atoms with E-state index in [1.54, 1.807) is 20.8 Å². The molecule has 0 unspecified atom stereocenters. The maximum atomic E-state index is 11.4. The van der Waals surface area contributed by atoms with Crippen molar-refractivity contribution >= 4 is 17.5 Å². The second-order valence-electron chi connectivity index (χ2n) is 4.30. The number of nitrogens with one attached hydrogen (secondary N) is 1. The summed E-state index contributed by atoms with van der Waals surface area (Å²) < 4.78 is 0. The summed E-state index contributed by atoms with van der Waals surface area (Å²) in [4.78, 5) is 25.8. The van der Waals surface area contributed by atoms with Gasteiger partial charge in [-0.1, -0.05) is 13.8 Å². The van der Waals surface area contributed by atoms with E-state index in [1.807, 2.05) is 0 Å². The van der Waals surface area contributed by atoms with Gasteiger partial charge in [0.2, 0.25) is 5.82 Å². The maximum absolute atomic E-state index is 11.4. The highest BCUT2D eigenvalue weighted by Gasteiger charge is 2.37. The molecule has 19 heavy (non-hydrogen) atoms. The first-order chi connectivity index (χ1) is 8.86. The molecule has 0 spiro atoms. The predicted molar refractivity (Wildman–Crippen MR) is 70.2 cm³/mol. The third-order valence-electron chi connectivity index (χ3n) is 3.18. The maximum Gasteiger partial charge on any atom is 0.329 e. The third kappa shape index (κ3) is 2.98. The first-order valence-electron chi connectivity index (χ1n) is 6.00. The first kappa shape index (κ1) is 14.9. The number of nitro groups is 1. The van der Waals surface area contributed by atoms with E-state index in [9.17, 15) is 20.0 Å². The van der Waals surface area contributed by atoms with Crippen LogP contribution in [0.25, 0.3) is 0 Å². The lowest BCUT2D eigenvalue weighted by molar-refractivity contribution is -0.384. The van der Waals surface area contributed by atoms with Crippen molar-refractivity contribution in [1.82, 2.24) is 4.98 Å². The van der Waals surface area contributed by atoms with Crippen molar-refractivity contribution < 1.29 is 14.8 Å². The molecule has 0 aromatic carbocycles. The van der Waals surface area contributed by atoms with E-state index in [0.29, 0.717) is 18.5 Å². The topological polar surface area (TPSA) is 105 Å². The van der Waals surface area contributed by atoms with Crippen LogP contribution in [0.4, 0.5) is 11.5 Å². The quantitative estimate of drug-likeness (QED) is 0.605. The zero-order valence-electron chi connectivity index (χ0n) is 11.1. The molecule has 0 saturated carbocycles. The average Bonchev–Trinajstić information content (AvgIpc) is 2.35. The normalized spacial score (nSPS) is 11.1. The Morgan fingerprint density at radius 2 is 2.05 bits per heavy atom. The number of anilines is 1. The van der Waals surface area contributed by atoms with E-state index in [1.165, 1.54) is 12.1 Å². The van der Waals surface area contributed by atoms with Gasteiger partial charge in [-0.05, 0) is 25.8 Å². The average molecular weight is 267 g/mol. The Balaban J connectivity index is 3.26. The minimum Gasteiger partial charge on any atom is -0.480 e. The van der Waals surface area contributed by atoms with Crippen molar-refractivity contribution in [3.05, 3.63) is 27.9 Å². The van der Waals surface area contributed by atoms with Crippen molar-refractivity contribution in [2.75, 3.05) is 5.32 Å². The lowest BCUT2D eigenvalue weighted by Gasteiger charge is -2.28. The van der Waals surface area contributed by atoms with Gasteiger partial charge in [-0.3, -0.25) is 10.1 Å². The van der Waals surface area contributed by atoms with Crippen LogP contribution in [0.1, 0.15) is 32.4 Å². The van der Waals surface area contributed by atoms with Gasteiger partial charge in [-0.15, -0.1) is 0 Å². The lowest BCUT2D eigenvalue weighted by Crippen LogP contribution is -2.45. The number of nitrogens with zero attached hydrogens (tertiary/aromatic N) is 2. The molecule has 104 valence electrons. The number of hydrogen-bond donors (Lipinski definition) is 2. The SMILES string of the molecule is CCC(CC)(Nc1nc(C)ccc1[N+](=O)[O-])C(=O)O. The van der Waals surface area contributed by atoms with E-state index >= 15 is 0 Å². The summed E-state index contributed by atoms with van der Waals surface area (Å²) >= 11 is 0. The summed E-state index contributed by atoms with van der Waals surface area (Å²) in [6.45, 7) is 5.12. The molecule has 0 bridgehead atoms. The number of carboxylic acids is 1. The van der Waals surface area contributed by atoms with Gasteiger partial charge in [0.15, 0.2) is 0 Å². The molecule has 0 saturated heterocycles. The fraction of sp³-hybridized carbons (Fsp3) is 0.500. The Bertz CT molecular complexity index is 498. The van der Waals surface area contributed by atoms with Gasteiger partial charge in [-0.2, -0.15) is 0 Å². The van der Waals surface area contributed by atoms with Crippen LogP contribution in [-0.4, -0.2) is 26.5 Å². The molecule has 0 atom stereocenters. The van der Waals surface area contributed by atoms with E-state index in [-0.39, 0.29) is 11.5 Å². The third-order valence-corrected chi connectivity index (χ3v) is 3.18. The standard InChI is InChI=1S/C12H17N3O4/c1-4-12(5-2,11(16)17)14-10-9(15(18)19)7-6-8(3)13-10/h6-7H,4-5H2,1-3H3,(H,13,14)(H,16,17). The highest BCUT2D eigenvalue weighted by Crippen LogP contribution is 2.28. The molecule has 0 fully saturated rings. The van der Waals surface area contributed by atoms with Crippen LogP contribution < -0.4 is 5.32 Å². The zero-order valence-corrected chi connectivity index (χ0v) is 11.1. The summed E-state index contributed by atoms with van der Waals surface area (Å²) in [6.07, 6.45) is 0.594. The van der Waals surface area contributed by atoms with Gasteiger partial charge >= 0.3 is 11.7 Å². The molecule has 2 N–H and O–H groups in total. The number of aryl methyl sites for hydroxylation is 1. The highest BCUT2D eigenvalue weighted by molar-refractivity contribution is 5.83. The van der Waals surface area contributed by atoms with Crippen molar-refractivity contribution in [3.8, 4) is 0 Å². The number of carbonyl (C=O) groups is 1. The van der Waals surface area contributed by atoms with Crippen molar-refractivity contribution in [3.63, 3.8) is 0 Å². The monoisotopic (exact) mass is 267 g/mol. The molecule has 1 rings (SSSR count). The zero-order chi connectivity index (χ0) is 14.6. The molecule has 0 aliphatic heterocycles. The smallest absolute Gasteiger partial charge is 0.329 e. The van der Waals surface area contributed by atoms with Crippen LogP contribution in [0.15, 0.2) is 12.1 Å². The van der Waals surface area contributed by atoms with Gasteiger partial charge in [0, 0.05) is 11.8 Å². The van der Waals surface area contributed by atoms with Gasteiger partial charge in [-0.25, -0.2) is 9.78 Å². The fourth-order valence-corrected chi connectivity index (χ4v) is 1.80. The Labute approximate surface area is 110 Å². The Morgan fingerprint density at radius 1 is 1.47 bits per heavy atom. The van der Waals surface area contributed by atoms with Crippen LogP contribution in [0.5, 0.6) is 0 Å². The molecule has 7 nitrogen and oxygen atoms in total. The van der Waals surface area contributed by atoms with Gasteiger partial charge < -0.3 is 10.4 Å². The number of hydrogen-bond acceptors (Lipinski definition) is 5. The van der Waals surface area contributed by atoms with Crippen LogP contribution >= 0.6 is 0 Å². The molecule has 1 aromatic heterocycles. The van der Waals surface area contributed by atoms with Crippen molar-refractivity contribution in [2.24, 2.45) is 0 Å². The summed E-state index contributed by atoms with van der Waals surface area (Å²) in [6, 6.07) is 2.84. The lowest BCUT2D eigenvalue weighted by atomic mass is 9.93. The predicted octanol–water partition coefficient (Wildman–Crippen LogP) is 2.35. The number of aliphatic carboxylic acids is 1. The molecule has 0 amide bonds. The molecule has 0 aliphatic carbocycles. The minimum absolute atomic E-state index is 0.00361. The second kappa shape index (κ2) is 5.64. The van der Waals surface area contributed by atoms with E-state index < -0.39 is 16.4 Å². The van der Waals surface area contributed by atoms with Gasteiger partial charge in [0.1, 0.15) is 5.54 Å². The fourth-order valence-electron chi connectivity index (χ4n) is 1.80. The van der Waals surface area contributed by atoms with Crippen LogP contribution in [0.2, 0.25) is 0 Å². The number of aromatic nitrogens is 1. The van der Waals surface area contributed by atoms with E-state index in [2.05, 4.69) is 10.3 Å². The first-order valence-corrected chi connectivity index (χ1v) is 6.00. The van der Waals surface area contributed by atoms with Crippen LogP contribution in [0, 0.1) is 17.0 Å². The Hall–Kier alpha value is -2.18. The minimum atomic E-state index is -1.24. The Morgan fingerprint density at radius 3 is 2.47 bits per heavy atom. The summed E-state index contributed by atoms with van der Waals surface area (Å²) in [5, 5.41) is 23.0. The van der Waals surface area contributed by atoms with Gasteiger partial charge in [0.05, 0.1) is 4.92 Å². The molecular weight excluding hydrogens is 250 g/mol. The molecule has 0 aliphatic rings. The summed E-state index contributed by atoms with van der Waals surface area (Å²) in [5.74, 6) is -1.05. The molecule has 1 heterocycles. The van der Waals surface area contributed by atoms with Crippen molar-refractivity contribution in [1.29, 1.82) is 0 Å². The number of rotatable bonds is 6. The molecule has 7 heteroatoms. The summed E-state index contributed by atoms with van der Waals surface area (Å²) in [5.41, 5.74) is -0.885. The summed E-state index contributed by atoms with van der Waals surface area (Å²) in [7, 11) is 0. The largest absolute Gasteiger partial charge is 0.480 e. The van der Waals surface area contributed by atoms with E-state index in [0.717, 1.165) is 0 Å².